The van der Waals surface area contributed by atoms with Crippen molar-refractivity contribution in [3.63, 3.8) is 0 Å². The van der Waals surface area contributed by atoms with Crippen LogP contribution in [0.2, 0.25) is 5.02 Å². The van der Waals surface area contributed by atoms with E-state index in [1.807, 2.05) is 32.9 Å². The van der Waals surface area contributed by atoms with Gasteiger partial charge in [0.25, 0.3) is 11.3 Å². The summed E-state index contributed by atoms with van der Waals surface area (Å²) in [4.78, 5) is 4.52. The number of benzene rings is 2. The number of aryl methyl sites for hydroxylation is 2. The van der Waals surface area contributed by atoms with Gasteiger partial charge in [0.15, 0.2) is 34.5 Å². The fourth-order valence-electron chi connectivity index (χ4n) is 5.41. The number of nitrogens with zero attached hydrogens (tertiary/aromatic N) is 3. The Labute approximate surface area is 318 Å². The first-order valence-electron chi connectivity index (χ1n) is 18.5. The zero-order valence-corrected chi connectivity index (χ0v) is 33.5. The van der Waals surface area contributed by atoms with Crippen molar-refractivity contribution in [2.75, 3.05) is 24.5 Å². The van der Waals surface area contributed by atoms with Crippen LogP contribution < -0.4 is 27.3 Å². The summed E-state index contributed by atoms with van der Waals surface area (Å²) >= 11 is 2.39. The summed E-state index contributed by atoms with van der Waals surface area (Å²) in [6.45, 7) is 11.4. The predicted octanol–water partition coefficient (Wildman–Crippen LogP) is 9.23. The molecule has 3 atom stereocenters. The number of fused-ring (bicyclic) bond motifs is 1. The van der Waals surface area contributed by atoms with Gasteiger partial charge >= 0.3 is 11.3 Å². The number of aromatic amines is 1. The second kappa shape index (κ2) is 22.0. The highest BCUT2D eigenvalue weighted by atomic mass is 35.5. The molecule has 0 saturated carbocycles. The molecular formula is C37H55ClN6O6S2. The summed E-state index contributed by atoms with van der Waals surface area (Å²) in [5, 5.41) is 8.01. The van der Waals surface area contributed by atoms with Crippen molar-refractivity contribution < 1.29 is 26.3 Å². The number of anilines is 1. The highest BCUT2D eigenvalue weighted by Crippen LogP contribution is 2.33. The third-order valence-corrected chi connectivity index (χ3v) is 10.4. The van der Waals surface area contributed by atoms with Crippen LogP contribution in [0.5, 0.6) is 23.0 Å². The van der Waals surface area contributed by atoms with Crippen molar-refractivity contribution in [3.05, 3.63) is 58.5 Å². The lowest BCUT2D eigenvalue weighted by molar-refractivity contribution is 0.296. The van der Waals surface area contributed by atoms with Crippen molar-refractivity contribution in [1.82, 2.24) is 24.5 Å². The molecule has 0 fully saturated rings. The lowest BCUT2D eigenvalue weighted by atomic mass is 10.1. The van der Waals surface area contributed by atoms with Gasteiger partial charge in [-0.15, -0.1) is 5.10 Å². The highest BCUT2D eigenvalue weighted by Gasteiger charge is 2.19. The molecule has 0 radical (unpaired) electrons. The number of hydrogen-bond acceptors (Lipinski definition) is 8. The molecule has 0 spiro atoms. The Morgan fingerprint density at radius 1 is 0.788 bits per heavy atom. The van der Waals surface area contributed by atoms with E-state index in [2.05, 4.69) is 38.5 Å². The Morgan fingerprint density at radius 3 is 2.00 bits per heavy atom. The van der Waals surface area contributed by atoms with Crippen LogP contribution in [-0.4, -0.2) is 48.0 Å². The minimum absolute atomic E-state index is 0.200. The van der Waals surface area contributed by atoms with Crippen molar-refractivity contribution in [2.24, 2.45) is 0 Å². The van der Waals surface area contributed by atoms with Gasteiger partial charge in [0.05, 0.1) is 24.6 Å². The van der Waals surface area contributed by atoms with Gasteiger partial charge in [-0.05, 0) is 56.5 Å². The second-order valence-electron chi connectivity index (χ2n) is 13.1. The zero-order valence-electron chi connectivity index (χ0n) is 31.1. The maximum absolute atomic E-state index is 13.2. The normalized spacial score (nSPS) is 13.2. The molecule has 0 bridgehead atoms. The molecule has 2 heterocycles. The van der Waals surface area contributed by atoms with E-state index in [-0.39, 0.29) is 18.2 Å². The average Bonchev–Trinajstić information content (AvgIpc) is 3.65. The molecule has 0 amide bonds. The Hall–Kier alpha value is -3.33. The molecule has 52 heavy (non-hydrogen) atoms. The molecule has 0 aliphatic heterocycles. The molecule has 3 unspecified atom stereocenters. The lowest BCUT2D eigenvalue weighted by Crippen LogP contribution is -2.26. The maximum atomic E-state index is 13.2. The summed E-state index contributed by atoms with van der Waals surface area (Å²) in [7, 11) is 0. The van der Waals surface area contributed by atoms with Crippen LogP contribution in [0.3, 0.4) is 0 Å². The number of aromatic nitrogens is 4. The molecule has 15 heteroatoms. The number of hydrogen-bond donors (Lipinski definition) is 3. The third kappa shape index (κ3) is 13.3. The van der Waals surface area contributed by atoms with Crippen LogP contribution in [0.1, 0.15) is 121 Å². The van der Waals surface area contributed by atoms with Crippen LogP contribution in [0, 0.1) is 13.8 Å². The zero-order chi connectivity index (χ0) is 37.3. The van der Waals surface area contributed by atoms with Crippen LogP contribution in [0.25, 0.3) is 5.65 Å². The fraction of sp³-hybridized carbons (Fsp3) is 0.568. The largest absolute Gasteiger partial charge is 0.490 e. The number of H-pyrrole nitrogens is 1. The van der Waals surface area contributed by atoms with E-state index >= 15 is 0 Å². The molecule has 4 aromatic rings. The van der Waals surface area contributed by atoms with Gasteiger partial charge in [-0.1, -0.05) is 103 Å². The Morgan fingerprint density at radius 2 is 1.37 bits per heavy atom. The van der Waals surface area contributed by atoms with Crippen LogP contribution in [-0.2, 0) is 22.5 Å². The number of halogens is 1. The van der Waals surface area contributed by atoms with Gasteiger partial charge in [-0.2, -0.15) is 13.0 Å². The topological polar surface area (TPSA) is 141 Å². The highest BCUT2D eigenvalue weighted by molar-refractivity contribution is 7.82. The summed E-state index contributed by atoms with van der Waals surface area (Å²) in [6, 6.07) is 10.6. The van der Waals surface area contributed by atoms with Crippen LogP contribution in [0.15, 0.2) is 36.4 Å². The maximum Gasteiger partial charge on any atom is 0.316 e. The van der Waals surface area contributed by atoms with E-state index in [0.717, 1.165) is 43.4 Å². The number of nitrogens with one attached hydrogen (secondary N) is 3. The first kappa shape index (κ1) is 41.4. The molecular weight excluding hydrogens is 724 g/mol. The van der Waals surface area contributed by atoms with E-state index < -0.39 is 22.5 Å². The average molecular weight is 779 g/mol. The van der Waals surface area contributed by atoms with E-state index in [4.69, 9.17) is 29.4 Å². The minimum atomic E-state index is -1.98. The van der Waals surface area contributed by atoms with Gasteiger partial charge in [0, 0.05) is 18.5 Å². The third-order valence-electron chi connectivity index (χ3n) is 8.46. The smallest absolute Gasteiger partial charge is 0.316 e. The molecule has 288 valence electrons. The Kier molecular flexibility index (Phi) is 17.5. The van der Waals surface area contributed by atoms with Gasteiger partial charge in [0.2, 0.25) is 0 Å². The number of rotatable bonds is 26. The molecule has 0 saturated heterocycles. The van der Waals surface area contributed by atoms with Crippen LogP contribution >= 0.6 is 11.6 Å². The summed E-state index contributed by atoms with van der Waals surface area (Å²) in [6.07, 6.45) is 13.7. The SMILES string of the molecule is CCCCCCCCOc1ccc(NS(=O)Oc2cc(C)ccc2OCCCCCCCC)cc1OS(=O)NCC(C)c1nc2c(Cl)c(C)[nH]n2n1. The standard InChI is InChI=1S/C37H55ClN6O6S2/c1-6-8-10-12-14-16-22-47-31-20-18-27(3)24-33(31)50-52(46)43-30-19-21-32(48-23-17-15-13-11-9-7-2)34(25-30)49-51(45)39-26-28(4)36-40-37-35(38)29(5)41-44(37)42-36/h18-21,24-25,28,39,41,43H,6-17,22-23,26H2,1-5H3. The molecule has 0 aliphatic rings. The summed E-state index contributed by atoms with van der Waals surface area (Å²) in [5.74, 6) is 1.91. The predicted molar refractivity (Wildman–Crippen MR) is 210 cm³/mol. The second-order valence-corrected chi connectivity index (χ2v) is 15.2. The van der Waals surface area contributed by atoms with E-state index in [0.29, 0.717) is 52.6 Å². The van der Waals surface area contributed by atoms with Crippen molar-refractivity contribution in [3.8, 4) is 23.0 Å². The fourth-order valence-corrected chi connectivity index (χ4v) is 6.97. The Balaban J connectivity index is 1.37. The van der Waals surface area contributed by atoms with Crippen molar-refractivity contribution >= 4 is 45.5 Å². The van der Waals surface area contributed by atoms with Crippen molar-refractivity contribution in [2.45, 2.75) is 118 Å². The number of ether oxygens (including phenoxy) is 2. The molecule has 2 aromatic heterocycles. The molecule has 12 nitrogen and oxygen atoms in total. The van der Waals surface area contributed by atoms with Gasteiger partial charge in [0.1, 0.15) is 5.02 Å². The van der Waals surface area contributed by atoms with E-state index in [9.17, 15) is 8.42 Å². The molecule has 3 N–H and O–H groups in total. The molecule has 0 aliphatic carbocycles. The van der Waals surface area contributed by atoms with Gasteiger partial charge < -0.3 is 17.8 Å². The van der Waals surface area contributed by atoms with Gasteiger partial charge in [-0.3, -0.25) is 9.82 Å². The first-order valence-corrected chi connectivity index (χ1v) is 21.0. The van der Waals surface area contributed by atoms with Crippen LogP contribution in [0.4, 0.5) is 5.69 Å². The van der Waals surface area contributed by atoms with Crippen molar-refractivity contribution in [1.29, 1.82) is 0 Å². The molecule has 4 rings (SSSR count). The van der Waals surface area contributed by atoms with E-state index in [1.165, 1.54) is 49.6 Å². The first-order chi connectivity index (χ1) is 25.2. The minimum Gasteiger partial charge on any atom is -0.490 e. The Bertz CT molecular complexity index is 1730. The quantitative estimate of drug-likeness (QED) is 0.0536. The van der Waals surface area contributed by atoms with E-state index in [1.54, 1.807) is 24.3 Å². The lowest BCUT2D eigenvalue weighted by Gasteiger charge is -2.16. The number of unbranched alkanes of at least 4 members (excludes halogenated alkanes) is 10. The molecule has 2 aromatic carbocycles. The summed E-state index contributed by atoms with van der Waals surface area (Å²) in [5.41, 5.74) is 2.69. The van der Waals surface area contributed by atoms with Gasteiger partial charge in [-0.25, -0.2) is 9.71 Å². The monoisotopic (exact) mass is 778 g/mol. The summed E-state index contributed by atoms with van der Waals surface area (Å²) < 4.78 is 57.4.